The first-order chi connectivity index (χ1) is 11.6. The molecule has 0 aliphatic heterocycles. The van der Waals surface area contributed by atoms with E-state index in [0.29, 0.717) is 5.82 Å². The first-order valence-electron chi connectivity index (χ1n) is 7.97. The second-order valence-corrected chi connectivity index (χ2v) is 5.71. The van der Waals surface area contributed by atoms with Crippen LogP contribution in [0.5, 0.6) is 5.75 Å². The first kappa shape index (κ1) is 17.6. The Kier molecular flexibility index (Phi) is 6.42. The lowest BCUT2D eigenvalue weighted by Crippen LogP contribution is -2.34. The van der Waals surface area contributed by atoms with Crippen molar-refractivity contribution in [2.45, 2.75) is 26.3 Å². The maximum absolute atomic E-state index is 11.6. The van der Waals surface area contributed by atoms with Crippen molar-refractivity contribution in [3.63, 3.8) is 0 Å². The van der Waals surface area contributed by atoms with Gasteiger partial charge in [-0.1, -0.05) is 12.1 Å². The van der Waals surface area contributed by atoms with Gasteiger partial charge in [0, 0.05) is 12.6 Å². The van der Waals surface area contributed by atoms with Crippen molar-refractivity contribution in [1.82, 2.24) is 10.3 Å². The minimum atomic E-state index is -0.252. The average molecular weight is 328 g/mol. The van der Waals surface area contributed by atoms with Gasteiger partial charge in [0.2, 0.25) is 0 Å². The van der Waals surface area contributed by atoms with Crippen molar-refractivity contribution >= 4 is 17.5 Å². The molecule has 0 atom stereocenters. The van der Waals surface area contributed by atoms with Crippen LogP contribution in [-0.4, -0.2) is 30.7 Å². The van der Waals surface area contributed by atoms with E-state index >= 15 is 0 Å². The number of methoxy groups -OCH3 is 1. The van der Waals surface area contributed by atoms with Crippen molar-refractivity contribution in [3.05, 3.63) is 48.2 Å². The Morgan fingerprint density at radius 2 is 1.92 bits per heavy atom. The number of carbonyl (C=O) groups is 1. The number of urea groups is 1. The maximum atomic E-state index is 11.6. The average Bonchev–Trinajstić information content (AvgIpc) is 2.56. The summed E-state index contributed by atoms with van der Waals surface area (Å²) in [5.41, 5.74) is 2.15. The number of aromatic nitrogens is 1. The molecule has 0 spiro atoms. The third-order valence-electron chi connectivity index (χ3n) is 3.33. The molecule has 0 aliphatic carbocycles. The van der Waals surface area contributed by atoms with Gasteiger partial charge in [-0.25, -0.2) is 9.78 Å². The molecule has 2 amide bonds. The van der Waals surface area contributed by atoms with Crippen LogP contribution >= 0.6 is 0 Å². The SMILES string of the molecule is COc1ccc(CCNc2ccc(NC(=O)NC(C)C)nc2)cc1. The third kappa shape index (κ3) is 5.79. The molecule has 3 N–H and O–H groups in total. The molecule has 0 saturated heterocycles. The molecule has 6 heteroatoms. The summed E-state index contributed by atoms with van der Waals surface area (Å²) in [6, 6.07) is 11.5. The predicted molar refractivity (Wildman–Crippen MR) is 96.7 cm³/mol. The van der Waals surface area contributed by atoms with Crippen LogP contribution in [0.2, 0.25) is 0 Å². The van der Waals surface area contributed by atoms with E-state index in [0.717, 1.165) is 24.4 Å². The van der Waals surface area contributed by atoms with E-state index < -0.39 is 0 Å². The standard InChI is InChI=1S/C18H24N4O2/c1-13(2)21-18(23)22-17-9-6-15(12-20-17)19-11-10-14-4-7-16(24-3)8-5-14/h4-9,12-13,19H,10-11H2,1-3H3,(H2,20,21,22,23). The normalized spacial score (nSPS) is 10.3. The topological polar surface area (TPSA) is 75.3 Å². The Bertz CT molecular complexity index is 639. The number of pyridine rings is 1. The summed E-state index contributed by atoms with van der Waals surface area (Å²) in [5, 5.41) is 8.76. The van der Waals surface area contributed by atoms with Gasteiger partial charge >= 0.3 is 6.03 Å². The Labute approximate surface area is 142 Å². The summed E-state index contributed by atoms with van der Waals surface area (Å²) in [6.07, 6.45) is 2.61. The fraction of sp³-hybridized carbons (Fsp3) is 0.333. The van der Waals surface area contributed by atoms with Gasteiger partial charge in [-0.2, -0.15) is 0 Å². The van der Waals surface area contributed by atoms with Gasteiger partial charge < -0.3 is 15.4 Å². The van der Waals surface area contributed by atoms with Crippen LogP contribution in [0.15, 0.2) is 42.6 Å². The van der Waals surface area contributed by atoms with E-state index in [1.807, 2.05) is 32.0 Å². The van der Waals surface area contributed by atoms with Crippen molar-refractivity contribution in [2.75, 3.05) is 24.3 Å². The van der Waals surface area contributed by atoms with Gasteiger partial charge in [-0.05, 0) is 50.1 Å². The van der Waals surface area contributed by atoms with Crippen molar-refractivity contribution in [1.29, 1.82) is 0 Å². The van der Waals surface area contributed by atoms with Crippen molar-refractivity contribution in [2.24, 2.45) is 0 Å². The number of nitrogens with zero attached hydrogens (tertiary/aromatic N) is 1. The van der Waals surface area contributed by atoms with Crippen LogP contribution in [0.25, 0.3) is 0 Å². The van der Waals surface area contributed by atoms with Gasteiger partial charge in [-0.15, -0.1) is 0 Å². The van der Waals surface area contributed by atoms with Gasteiger partial charge in [0.15, 0.2) is 0 Å². The molecule has 1 aromatic heterocycles. The molecule has 2 aromatic rings. The van der Waals surface area contributed by atoms with Crippen LogP contribution in [0.3, 0.4) is 0 Å². The monoisotopic (exact) mass is 328 g/mol. The van der Waals surface area contributed by atoms with E-state index in [4.69, 9.17) is 4.74 Å². The highest BCUT2D eigenvalue weighted by Gasteiger charge is 2.04. The van der Waals surface area contributed by atoms with Gasteiger partial charge in [0.25, 0.3) is 0 Å². The van der Waals surface area contributed by atoms with Crippen LogP contribution in [0.4, 0.5) is 16.3 Å². The Balaban J connectivity index is 1.77. The zero-order chi connectivity index (χ0) is 17.4. The van der Waals surface area contributed by atoms with Crippen LogP contribution < -0.4 is 20.7 Å². The van der Waals surface area contributed by atoms with E-state index in [2.05, 4.69) is 33.1 Å². The number of amides is 2. The number of anilines is 2. The van der Waals surface area contributed by atoms with E-state index in [-0.39, 0.29) is 12.1 Å². The highest BCUT2D eigenvalue weighted by Crippen LogP contribution is 2.13. The lowest BCUT2D eigenvalue weighted by atomic mass is 10.1. The lowest BCUT2D eigenvalue weighted by Gasteiger charge is -2.10. The number of carbonyl (C=O) groups excluding carboxylic acids is 1. The number of hydrogen-bond donors (Lipinski definition) is 3. The molecule has 0 aliphatic rings. The summed E-state index contributed by atoms with van der Waals surface area (Å²) in [5.74, 6) is 1.38. The minimum Gasteiger partial charge on any atom is -0.497 e. The summed E-state index contributed by atoms with van der Waals surface area (Å²) >= 11 is 0. The zero-order valence-electron chi connectivity index (χ0n) is 14.3. The summed E-state index contributed by atoms with van der Waals surface area (Å²) in [6.45, 7) is 4.61. The second kappa shape index (κ2) is 8.76. The van der Waals surface area contributed by atoms with Gasteiger partial charge in [-0.3, -0.25) is 5.32 Å². The summed E-state index contributed by atoms with van der Waals surface area (Å²) < 4.78 is 5.14. The molecule has 128 valence electrons. The minimum absolute atomic E-state index is 0.0869. The molecule has 0 fully saturated rings. The first-order valence-corrected chi connectivity index (χ1v) is 7.97. The third-order valence-corrected chi connectivity index (χ3v) is 3.33. The summed E-state index contributed by atoms with van der Waals surface area (Å²) in [7, 11) is 1.66. The molecule has 0 unspecified atom stereocenters. The van der Waals surface area contributed by atoms with Gasteiger partial charge in [0.1, 0.15) is 11.6 Å². The molecule has 1 heterocycles. The number of benzene rings is 1. The van der Waals surface area contributed by atoms with E-state index in [9.17, 15) is 4.79 Å². The quantitative estimate of drug-likeness (QED) is 0.729. The Morgan fingerprint density at radius 1 is 1.17 bits per heavy atom. The molecule has 0 bridgehead atoms. The van der Waals surface area contributed by atoms with Crippen LogP contribution in [0, 0.1) is 0 Å². The fourth-order valence-electron chi connectivity index (χ4n) is 2.13. The fourth-order valence-corrected chi connectivity index (χ4v) is 2.13. The molecule has 6 nitrogen and oxygen atoms in total. The Hall–Kier alpha value is -2.76. The maximum Gasteiger partial charge on any atom is 0.320 e. The highest BCUT2D eigenvalue weighted by atomic mass is 16.5. The molecule has 2 rings (SSSR count). The molecular formula is C18H24N4O2. The predicted octanol–water partition coefficient (Wildman–Crippen LogP) is 3.27. The van der Waals surface area contributed by atoms with E-state index in [1.54, 1.807) is 19.4 Å². The second-order valence-electron chi connectivity index (χ2n) is 5.71. The largest absolute Gasteiger partial charge is 0.497 e. The number of rotatable bonds is 7. The zero-order valence-corrected chi connectivity index (χ0v) is 14.3. The van der Waals surface area contributed by atoms with E-state index in [1.165, 1.54) is 5.56 Å². The molecular weight excluding hydrogens is 304 g/mol. The molecule has 0 radical (unpaired) electrons. The van der Waals surface area contributed by atoms with Crippen LogP contribution in [-0.2, 0) is 6.42 Å². The lowest BCUT2D eigenvalue weighted by molar-refractivity contribution is 0.250. The van der Waals surface area contributed by atoms with Crippen molar-refractivity contribution < 1.29 is 9.53 Å². The highest BCUT2D eigenvalue weighted by molar-refractivity contribution is 5.88. The van der Waals surface area contributed by atoms with Gasteiger partial charge in [0.05, 0.1) is 19.0 Å². The Morgan fingerprint density at radius 3 is 2.50 bits per heavy atom. The molecule has 24 heavy (non-hydrogen) atoms. The molecule has 0 saturated carbocycles. The number of nitrogens with one attached hydrogen (secondary N) is 3. The van der Waals surface area contributed by atoms with Crippen LogP contribution in [0.1, 0.15) is 19.4 Å². The smallest absolute Gasteiger partial charge is 0.320 e. The number of ether oxygens (including phenoxy) is 1. The van der Waals surface area contributed by atoms with Crippen molar-refractivity contribution in [3.8, 4) is 5.75 Å². The summed E-state index contributed by atoms with van der Waals surface area (Å²) in [4.78, 5) is 15.8. The number of hydrogen-bond acceptors (Lipinski definition) is 4. The molecule has 1 aromatic carbocycles.